The van der Waals surface area contributed by atoms with Gasteiger partial charge in [0.25, 0.3) is 0 Å². The minimum absolute atomic E-state index is 0.232. The molecule has 2 N–H and O–H groups in total. The molecule has 2 amide bonds. The van der Waals surface area contributed by atoms with Crippen molar-refractivity contribution in [3.63, 3.8) is 0 Å². The number of urea groups is 1. The lowest BCUT2D eigenvalue weighted by molar-refractivity contribution is -0.159. The first-order valence-electron chi connectivity index (χ1n) is 6.11. The largest absolute Gasteiger partial charge is 0.480 e. The lowest BCUT2D eigenvalue weighted by Crippen LogP contribution is -2.65. The molecule has 1 aliphatic rings. The summed E-state index contributed by atoms with van der Waals surface area (Å²) < 4.78 is 6.95. The predicted molar refractivity (Wildman–Crippen MR) is 66.8 cm³/mol. The number of carbonyl (C=O) groups excluding carboxylic acids is 1. The highest BCUT2D eigenvalue weighted by molar-refractivity contribution is 5.75. The molecule has 110 valence electrons. The summed E-state index contributed by atoms with van der Waals surface area (Å²) in [6, 6.07) is -0.232. The third kappa shape index (κ3) is 3.23. The standard InChI is InChI=1S/C11H17N5O4/c1-11(20-4-9(17)18)5-16(6-11)10(19)12-3-8-14-13-7-15(8)2/h7H,3-6H2,1-2H3,(H,12,19)(H,17,18). The van der Waals surface area contributed by atoms with Gasteiger partial charge in [0.05, 0.1) is 19.6 Å². The molecule has 0 aromatic carbocycles. The molecule has 0 spiro atoms. The fraction of sp³-hybridized carbons (Fsp3) is 0.636. The molecule has 9 nitrogen and oxygen atoms in total. The van der Waals surface area contributed by atoms with Crippen molar-refractivity contribution in [1.29, 1.82) is 0 Å². The number of hydrogen-bond donors (Lipinski definition) is 2. The number of aromatic nitrogens is 3. The van der Waals surface area contributed by atoms with Crippen LogP contribution < -0.4 is 5.32 Å². The Morgan fingerprint density at radius 3 is 2.80 bits per heavy atom. The fourth-order valence-electron chi connectivity index (χ4n) is 1.97. The zero-order valence-corrected chi connectivity index (χ0v) is 11.4. The molecule has 0 aliphatic carbocycles. The number of aryl methyl sites for hydroxylation is 1. The van der Waals surface area contributed by atoms with Gasteiger partial charge in [-0.05, 0) is 6.92 Å². The van der Waals surface area contributed by atoms with Crippen molar-refractivity contribution in [3.8, 4) is 0 Å². The number of rotatable bonds is 5. The molecule has 1 aliphatic heterocycles. The van der Waals surface area contributed by atoms with Crippen LogP contribution in [0.2, 0.25) is 0 Å². The van der Waals surface area contributed by atoms with E-state index in [1.807, 2.05) is 0 Å². The van der Waals surface area contributed by atoms with Crippen LogP contribution in [0, 0.1) is 0 Å². The Morgan fingerprint density at radius 2 is 2.25 bits per heavy atom. The minimum Gasteiger partial charge on any atom is -0.480 e. The van der Waals surface area contributed by atoms with Crippen LogP contribution in [-0.4, -0.2) is 62.1 Å². The summed E-state index contributed by atoms with van der Waals surface area (Å²) >= 11 is 0. The van der Waals surface area contributed by atoms with Crippen molar-refractivity contribution >= 4 is 12.0 Å². The maximum atomic E-state index is 11.8. The van der Waals surface area contributed by atoms with Crippen molar-refractivity contribution in [1.82, 2.24) is 25.0 Å². The van der Waals surface area contributed by atoms with Gasteiger partial charge in [-0.1, -0.05) is 0 Å². The van der Waals surface area contributed by atoms with Gasteiger partial charge >= 0.3 is 12.0 Å². The number of carboxylic acids is 1. The third-order valence-corrected chi connectivity index (χ3v) is 3.08. The van der Waals surface area contributed by atoms with E-state index >= 15 is 0 Å². The summed E-state index contributed by atoms with van der Waals surface area (Å²) in [6.45, 7) is 2.45. The van der Waals surface area contributed by atoms with E-state index in [1.54, 1.807) is 29.8 Å². The van der Waals surface area contributed by atoms with Gasteiger partial charge in [0.15, 0.2) is 5.82 Å². The second kappa shape index (κ2) is 5.45. The highest BCUT2D eigenvalue weighted by atomic mass is 16.5. The van der Waals surface area contributed by atoms with Gasteiger partial charge in [0.2, 0.25) is 0 Å². The molecule has 9 heteroatoms. The average Bonchev–Trinajstić information content (AvgIpc) is 2.75. The van der Waals surface area contributed by atoms with Crippen molar-refractivity contribution in [2.45, 2.75) is 19.1 Å². The van der Waals surface area contributed by atoms with Gasteiger partial charge in [-0.15, -0.1) is 10.2 Å². The normalized spacial score (nSPS) is 16.6. The van der Waals surface area contributed by atoms with E-state index in [2.05, 4.69) is 15.5 Å². The smallest absolute Gasteiger partial charge is 0.329 e. The van der Waals surface area contributed by atoms with Crippen molar-refractivity contribution in [3.05, 3.63) is 12.2 Å². The Kier molecular flexibility index (Phi) is 3.89. The Morgan fingerprint density at radius 1 is 1.55 bits per heavy atom. The third-order valence-electron chi connectivity index (χ3n) is 3.08. The molecule has 0 unspecified atom stereocenters. The van der Waals surface area contributed by atoms with Crippen molar-refractivity contribution in [2.75, 3.05) is 19.7 Å². The molecule has 0 atom stereocenters. The van der Waals surface area contributed by atoms with Crippen LogP contribution in [0.1, 0.15) is 12.7 Å². The van der Waals surface area contributed by atoms with Crippen LogP contribution >= 0.6 is 0 Å². The van der Waals surface area contributed by atoms with Gasteiger partial charge < -0.3 is 24.6 Å². The van der Waals surface area contributed by atoms with Crippen LogP contribution in [0.3, 0.4) is 0 Å². The maximum Gasteiger partial charge on any atom is 0.329 e. The van der Waals surface area contributed by atoms with E-state index in [0.717, 1.165) is 0 Å². The monoisotopic (exact) mass is 283 g/mol. The van der Waals surface area contributed by atoms with Crippen molar-refractivity contribution < 1.29 is 19.4 Å². The number of nitrogens with zero attached hydrogens (tertiary/aromatic N) is 4. The van der Waals surface area contributed by atoms with Crippen LogP contribution in [-0.2, 0) is 23.1 Å². The second-order valence-electron chi connectivity index (χ2n) is 5.01. The molecule has 0 bridgehead atoms. The molecule has 1 aromatic heterocycles. The lowest BCUT2D eigenvalue weighted by atomic mass is 9.97. The first kappa shape index (κ1) is 14.3. The van der Waals surface area contributed by atoms with Crippen LogP contribution in [0.25, 0.3) is 0 Å². The summed E-state index contributed by atoms with van der Waals surface area (Å²) in [5.41, 5.74) is -0.583. The maximum absolute atomic E-state index is 11.8. The Hall–Kier alpha value is -2.16. The molecule has 2 heterocycles. The van der Waals surface area contributed by atoms with Crippen LogP contribution in [0.4, 0.5) is 4.79 Å². The topological polar surface area (TPSA) is 110 Å². The Labute approximate surface area is 115 Å². The zero-order valence-electron chi connectivity index (χ0n) is 11.4. The van der Waals surface area contributed by atoms with E-state index in [0.29, 0.717) is 25.5 Å². The number of aliphatic carboxylic acids is 1. The summed E-state index contributed by atoms with van der Waals surface area (Å²) in [6.07, 6.45) is 1.56. The lowest BCUT2D eigenvalue weighted by Gasteiger charge is -2.46. The molecular formula is C11H17N5O4. The molecular weight excluding hydrogens is 266 g/mol. The molecule has 1 saturated heterocycles. The Balaban J connectivity index is 1.73. The minimum atomic E-state index is -1.02. The first-order valence-corrected chi connectivity index (χ1v) is 6.11. The summed E-state index contributed by atoms with van der Waals surface area (Å²) in [5.74, 6) is -0.361. The van der Waals surface area contributed by atoms with Gasteiger partial charge in [0.1, 0.15) is 18.5 Å². The molecule has 1 aromatic rings. The van der Waals surface area contributed by atoms with E-state index < -0.39 is 11.6 Å². The number of nitrogens with one attached hydrogen (secondary N) is 1. The fourth-order valence-corrected chi connectivity index (χ4v) is 1.97. The number of carbonyl (C=O) groups is 2. The van der Waals surface area contributed by atoms with E-state index in [4.69, 9.17) is 9.84 Å². The van der Waals surface area contributed by atoms with E-state index in [1.165, 1.54) is 0 Å². The highest BCUT2D eigenvalue weighted by Crippen LogP contribution is 2.24. The number of hydrogen-bond acceptors (Lipinski definition) is 5. The predicted octanol–water partition coefficient (Wildman–Crippen LogP) is -0.800. The van der Waals surface area contributed by atoms with Crippen LogP contribution in [0.15, 0.2) is 6.33 Å². The summed E-state index contributed by atoms with van der Waals surface area (Å²) in [4.78, 5) is 23.8. The Bertz CT molecular complexity index is 509. The van der Waals surface area contributed by atoms with Gasteiger partial charge in [0, 0.05) is 7.05 Å². The first-order chi connectivity index (χ1) is 9.39. The summed E-state index contributed by atoms with van der Waals surface area (Å²) in [5, 5.41) is 18.8. The number of ether oxygens (including phenoxy) is 1. The van der Waals surface area contributed by atoms with Crippen LogP contribution in [0.5, 0.6) is 0 Å². The van der Waals surface area contributed by atoms with Gasteiger partial charge in [-0.3, -0.25) is 0 Å². The number of likely N-dealkylation sites (tertiary alicyclic amines) is 1. The highest BCUT2D eigenvalue weighted by Gasteiger charge is 2.42. The van der Waals surface area contributed by atoms with Gasteiger partial charge in [-0.25, -0.2) is 9.59 Å². The van der Waals surface area contributed by atoms with E-state index in [9.17, 15) is 9.59 Å². The van der Waals surface area contributed by atoms with Gasteiger partial charge in [-0.2, -0.15) is 0 Å². The molecule has 0 saturated carbocycles. The number of amides is 2. The number of carboxylic acid groups (broad SMARTS) is 1. The van der Waals surface area contributed by atoms with E-state index in [-0.39, 0.29) is 12.6 Å². The molecule has 20 heavy (non-hydrogen) atoms. The summed E-state index contributed by atoms with van der Waals surface area (Å²) in [7, 11) is 1.79. The molecule has 1 fully saturated rings. The zero-order chi connectivity index (χ0) is 14.8. The van der Waals surface area contributed by atoms with Crippen molar-refractivity contribution in [2.24, 2.45) is 7.05 Å². The second-order valence-corrected chi connectivity index (χ2v) is 5.01. The quantitative estimate of drug-likeness (QED) is 0.732. The molecule has 2 rings (SSSR count). The average molecular weight is 283 g/mol. The molecule has 0 radical (unpaired) electrons. The SMILES string of the molecule is Cn1cnnc1CNC(=O)N1CC(C)(OCC(=O)O)C1.